The van der Waals surface area contributed by atoms with Gasteiger partial charge in [0.25, 0.3) is 0 Å². The van der Waals surface area contributed by atoms with Crippen molar-refractivity contribution in [1.82, 2.24) is 9.55 Å². The van der Waals surface area contributed by atoms with E-state index in [1.165, 1.54) is 6.92 Å². The summed E-state index contributed by atoms with van der Waals surface area (Å²) in [5.41, 5.74) is 1.10. The molecule has 1 amide bonds. The standard InChI is InChI=1S/C19H26BN3O4/c1-12(24)22-17-8-14-15(20-26-18(2,3)19(4,5)27-20)10-23(16(14)9-21-17)13-6-7-25-11-13/h8-10,13H,6-7,11H2,1-5H3,(H,21,22,24)/t13-/m1/s1. The summed E-state index contributed by atoms with van der Waals surface area (Å²) < 4.78 is 20.3. The maximum absolute atomic E-state index is 11.5. The molecule has 27 heavy (non-hydrogen) atoms. The van der Waals surface area contributed by atoms with Crippen LogP contribution in [0.4, 0.5) is 5.82 Å². The molecule has 0 aliphatic carbocycles. The quantitative estimate of drug-likeness (QED) is 0.838. The fraction of sp³-hybridized carbons (Fsp3) is 0.579. The normalized spacial score (nSPS) is 23.9. The van der Waals surface area contributed by atoms with Crippen LogP contribution < -0.4 is 10.8 Å². The van der Waals surface area contributed by atoms with E-state index in [1.807, 2.05) is 33.8 Å². The summed E-state index contributed by atoms with van der Waals surface area (Å²) in [6.45, 7) is 11.1. The fourth-order valence-electron chi connectivity index (χ4n) is 3.62. The summed E-state index contributed by atoms with van der Waals surface area (Å²) in [5.74, 6) is 0.371. The van der Waals surface area contributed by atoms with E-state index in [0.717, 1.165) is 29.4 Å². The molecule has 8 heteroatoms. The molecule has 4 rings (SSSR count). The van der Waals surface area contributed by atoms with Gasteiger partial charge in [-0.05, 0) is 40.2 Å². The first-order chi connectivity index (χ1) is 12.7. The zero-order chi connectivity index (χ0) is 19.4. The molecule has 0 saturated carbocycles. The van der Waals surface area contributed by atoms with Gasteiger partial charge >= 0.3 is 7.12 Å². The summed E-state index contributed by atoms with van der Waals surface area (Å²) in [4.78, 5) is 15.9. The van der Waals surface area contributed by atoms with Crippen molar-refractivity contribution in [3.8, 4) is 0 Å². The summed E-state index contributed by atoms with van der Waals surface area (Å²) in [7, 11) is -0.478. The maximum atomic E-state index is 11.5. The summed E-state index contributed by atoms with van der Waals surface area (Å²) in [6.07, 6.45) is 4.85. The molecular formula is C19H26BN3O4. The highest BCUT2D eigenvalue weighted by atomic mass is 16.7. The van der Waals surface area contributed by atoms with Crippen molar-refractivity contribution in [2.45, 2.75) is 58.3 Å². The number of hydrogen-bond donors (Lipinski definition) is 1. The number of ether oxygens (including phenoxy) is 1. The van der Waals surface area contributed by atoms with Crippen molar-refractivity contribution in [1.29, 1.82) is 0 Å². The van der Waals surface area contributed by atoms with E-state index in [2.05, 4.69) is 21.1 Å². The van der Waals surface area contributed by atoms with Crippen LogP contribution in [0.5, 0.6) is 0 Å². The minimum Gasteiger partial charge on any atom is -0.399 e. The van der Waals surface area contributed by atoms with Gasteiger partial charge in [0.2, 0.25) is 5.91 Å². The first kappa shape index (κ1) is 18.5. The van der Waals surface area contributed by atoms with Crippen LogP contribution in [0.25, 0.3) is 10.9 Å². The zero-order valence-electron chi connectivity index (χ0n) is 16.5. The van der Waals surface area contributed by atoms with Crippen molar-refractivity contribution >= 4 is 35.2 Å². The van der Waals surface area contributed by atoms with E-state index in [-0.39, 0.29) is 11.9 Å². The van der Waals surface area contributed by atoms with Crippen molar-refractivity contribution in [2.24, 2.45) is 0 Å². The Kier molecular flexibility index (Phi) is 4.33. The molecule has 2 aliphatic rings. The Bertz CT molecular complexity index is 870. The van der Waals surface area contributed by atoms with E-state index in [4.69, 9.17) is 14.0 Å². The average Bonchev–Trinajstić information content (AvgIpc) is 3.23. The van der Waals surface area contributed by atoms with Crippen LogP contribution in [0.15, 0.2) is 18.5 Å². The summed E-state index contributed by atoms with van der Waals surface area (Å²) >= 11 is 0. The Balaban J connectivity index is 1.81. The molecule has 1 atom stereocenters. The lowest BCUT2D eigenvalue weighted by Gasteiger charge is -2.32. The molecule has 2 aromatic heterocycles. The SMILES string of the molecule is CC(=O)Nc1cc2c(B3OC(C)(C)C(C)(C)O3)cn([C@@H]3CCOC3)c2cn1. The van der Waals surface area contributed by atoms with Crippen LogP contribution in [0.3, 0.4) is 0 Å². The lowest BCUT2D eigenvalue weighted by Crippen LogP contribution is -2.41. The number of fused-ring (bicyclic) bond motifs is 1. The third-order valence-corrected chi connectivity index (χ3v) is 5.86. The molecule has 0 unspecified atom stereocenters. The number of hydrogen-bond acceptors (Lipinski definition) is 5. The van der Waals surface area contributed by atoms with Crippen LogP contribution in [0, 0.1) is 0 Å². The molecule has 7 nitrogen and oxygen atoms in total. The van der Waals surface area contributed by atoms with Gasteiger partial charge in [0, 0.05) is 30.6 Å². The van der Waals surface area contributed by atoms with Crippen molar-refractivity contribution < 1.29 is 18.8 Å². The molecule has 0 bridgehead atoms. The largest absolute Gasteiger partial charge is 0.497 e. The van der Waals surface area contributed by atoms with Crippen LogP contribution in [-0.2, 0) is 18.8 Å². The molecule has 2 saturated heterocycles. The third kappa shape index (κ3) is 3.15. The van der Waals surface area contributed by atoms with Crippen LogP contribution in [-0.4, -0.2) is 47.0 Å². The Morgan fingerprint density at radius 3 is 2.59 bits per heavy atom. The van der Waals surface area contributed by atoms with E-state index in [0.29, 0.717) is 12.4 Å². The number of carbonyl (C=O) groups is 1. The van der Waals surface area contributed by atoms with Crippen molar-refractivity contribution in [2.75, 3.05) is 18.5 Å². The Hall–Kier alpha value is -1.90. The second-order valence-electron chi connectivity index (χ2n) is 8.37. The summed E-state index contributed by atoms with van der Waals surface area (Å²) in [6, 6.07) is 2.15. The minimum atomic E-state index is -0.478. The molecular weight excluding hydrogens is 345 g/mol. The second kappa shape index (κ2) is 6.33. The first-order valence-corrected chi connectivity index (χ1v) is 9.39. The van der Waals surface area contributed by atoms with Gasteiger partial charge < -0.3 is 23.9 Å². The lowest BCUT2D eigenvalue weighted by molar-refractivity contribution is -0.114. The number of amides is 1. The molecule has 2 aromatic rings. The number of nitrogens with zero attached hydrogens (tertiary/aromatic N) is 2. The van der Waals surface area contributed by atoms with E-state index < -0.39 is 18.3 Å². The van der Waals surface area contributed by atoms with Crippen molar-refractivity contribution in [3.05, 3.63) is 18.5 Å². The van der Waals surface area contributed by atoms with Gasteiger partial charge in [-0.3, -0.25) is 4.79 Å². The van der Waals surface area contributed by atoms with Crippen LogP contribution >= 0.6 is 0 Å². The molecule has 0 radical (unpaired) electrons. The van der Waals surface area contributed by atoms with Gasteiger partial charge in [-0.1, -0.05) is 0 Å². The first-order valence-electron chi connectivity index (χ1n) is 9.39. The fourth-order valence-corrected chi connectivity index (χ4v) is 3.62. The highest BCUT2D eigenvalue weighted by Gasteiger charge is 2.52. The predicted molar refractivity (Wildman–Crippen MR) is 104 cm³/mol. The average molecular weight is 371 g/mol. The molecule has 144 valence electrons. The molecule has 1 N–H and O–H groups in total. The van der Waals surface area contributed by atoms with Crippen molar-refractivity contribution in [3.63, 3.8) is 0 Å². The monoisotopic (exact) mass is 371 g/mol. The van der Waals surface area contributed by atoms with Gasteiger partial charge in [0.15, 0.2) is 0 Å². The van der Waals surface area contributed by atoms with Gasteiger partial charge in [-0.2, -0.15) is 0 Å². The molecule has 4 heterocycles. The molecule has 0 spiro atoms. The van der Waals surface area contributed by atoms with E-state index in [9.17, 15) is 4.79 Å². The van der Waals surface area contributed by atoms with Gasteiger partial charge in [0.05, 0.1) is 35.6 Å². The zero-order valence-corrected chi connectivity index (χ0v) is 16.5. The number of aromatic nitrogens is 2. The van der Waals surface area contributed by atoms with Gasteiger partial charge in [0.1, 0.15) is 5.82 Å². The number of pyridine rings is 1. The van der Waals surface area contributed by atoms with Gasteiger partial charge in [-0.25, -0.2) is 4.98 Å². The minimum absolute atomic E-state index is 0.150. The van der Waals surface area contributed by atoms with Crippen LogP contribution in [0.2, 0.25) is 0 Å². The second-order valence-corrected chi connectivity index (χ2v) is 8.37. The van der Waals surface area contributed by atoms with Gasteiger partial charge in [-0.15, -0.1) is 0 Å². The van der Waals surface area contributed by atoms with E-state index in [1.54, 1.807) is 6.20 Å². The lowest BCUT2D eigenvalue weighted by atomic mass is 9.79. The number of nitrogens with one attached hydrogen (secondary N) is 1. The molecule has 0 aromatic carbocycles. The smallest absolute Gasteiger partial charge is 0.399 e. The molecule has 2 aliphatic heterocycles. The summed E-state index contributed by atoms with van der Waals surface area (Å²) in [5, 5.41) is 3.73. The Labute approximate surface area is 159 Å². The topological polar surface area (TPSA) is 74.6 Å². The number of carbonyl (C=O) groups excluding carboxylic acids is 1. The number of rotatable bonds is 3. The third-order valence-electron chi connectivity index (χ3n) is 5.86. The highest BCUT2D eigenvalue weighted by molar-refractivity contribution is 6.65. The Morgan fingerprint density at radius 2 is 2.00 bits per heavy atom. The number of anilines is 1. The predicted octanol–water partition coefficient (Wildman–Crippen LogP) is 2.26. The van der Waals surface area contributed by atoms with Crippen LogP contribution in [0.1, 0.15) is 47.1 Å². The maximum Gasteiger partial charge on any atom is 0.497 e. The Morgan fingerprint density at radius 1 is 1.30 bits per heavy atom. The molecule has 2 fully saturated rings. The van der Waals surface area contributed by atoms with E-state index >= 15 is 0 Å². The highest BCUT2D eigenvalue weighted by Crippen LogP contribution is 2.37.